The summed E-state index contributed by atoms with van der Waals surface area (Å²) in [6.45, 7) is 0.851. The number of rotatable bonds is 5. The lowest BCUT2D eigenvalue weighted by atomic mass is 9.88. The van der Waals surface area contributed by atoms with Crippen LogP contribution in [0.15, 0.2) is 18.3 Å². The number of carboxylic acids is 1. The Morgan fingerprint density at radius 2 is 2.21 bits per heavy atom. The minimum absolute atomic E-state index is 0.277. The van der Waals surface area contributed by atoms with Gasteiger partial charge in [0.2, 0.25) is 0 Å². The predicted molar refractivity (Wildman–Crippen MR) is 79.0 cm³/mol. The second-order valence-corrected chi connectivity index (χ2v) is 6.31. The molecule has 0 atom stereocenters. The maximum Gasteiger partial charge on any atom is 0.335 e. The minimum Gasteiger partial charge on any atom is -0.478 e. The van der Waals surface area contributed by atoms with Crippen LogP contribution in [0.25, 0.3) is 0 Å². The quantitative estimate of drug-likeness (QED) is 0.867. The van der Waals surface area contributed by atoms with Gasteiger partial charge in [-0.05, 0) is 31.2 Å². The van der Waals surface area contributed by atoms with Crippen molar-refractivity contribution in [3.05, 3.63) is 23.9 Å². The highest BCUT2D eigenvalue weighted by Gasteiger charge is 2.30. The highest BCUT2D eigenvalue weighted by Crippen LogP contribution is 2.38. The average Bonchev–Trinajstić information content (AvgIpc) is 2.46. The van der Waals surface area contributed by atoms with Crippen molar-refractivity contribution in [2.45, 2.75) is 36.9 Å². The molecule has 1 heterocycles. The molecular weight excluding hydrogens is 260 g/mol. The lowest BCUT2D eigenvalue weighted by Crippen LogP contribution is -2.35. The Kier molecular flexibility index (Phi) is 4.69. The molecule has 5 heteroatoms. The van der Waals surface area contributed by atoms with Crippen molar-refractivity contribution in [2.75, 3.05) is 18.1 Å². The zero-order valence-electron chi connectivity index (χ0n) is 11.2. The van der Waals surface area contributed by atoms with Crippen LogP contribution in [0.2, 0.25) is 0 Å². The first-order chi connectivity index (χ1) is 9.15. The molecular formula is C14H20N2O2S. The van der Waals surface area contributed by atoms with E-state index in [1.54, 1.807) is 12.3 Å². The van der Waals surface area contributed by atoms with Gasteiger partial charge in [0.15, 0.2) is 0 Å². The molecule has 0 bridgehead atoms. The van der Waals surface area contributed by atoms with E-state index in [1.807, 2.05) is 11.8 Å². The van der Waals surface area contributed by atoms with Crippen LogP contribution in [-0.2, 0) is 0 Å². The van der Waals surface area contributed by atoms with Crippen molar-refractivity contribution in [2.24, 2.45) is 0 Å². The van der Waals surface area contributed by atoms with Gasteiger partial charge in [-0.1, -0.05) is 19.3 Å². The lowest BCUT2D eigenvalue weighted by Gasteiger charge is -2.36. The third-order valence-electron chi connectivity index (χ3n) is 3.80. The normalized spacial score (nSPS) is 17.9. The Balaban J connectivity index is 2.00. The molecule has 2 N–H and O–H groups in total. The zero-order valence-corrected chi connectivity index (χ0v) is 12.0. The molecule has 0 spiro atoms. The average molecular weight is 280 g/mol. The Labute approximate surface area is 118 Å². The Hall–Kier alpha value is -1.23. The number of hydrogen-bond acceptors (Lipinski definition) is 4. The van der Waals surface area contributed by atoms with Crippen LogP contribution in [0.4, 0.5) is 5.82 Å². The van der Waals surface area contributed by atoms with Crippen molar-refractivity contribution in [1.29, 1.82) is 0 Å². The van der Waals surface area contributed by atoms with Crippen molar-refractivity contribution in [3.63, 3.8) is 0 Å². The number of thioether (sulfide) groups is 1. The van der Waals surface area contributed by atoms with E-state index in [9.17, 15) is 4.79 Å². The molecule has 0 radical (unpaired) electrons. The summed E-state index contributed by atoms with van der Waals surface area (Å²) in [4.78, 5) is 15.1. The van der Waals surface area contributed by atoms with E-state index in [0.29, 0.717) is 5.82 Å². The third kappa shape index (κ3) is 3.62. The van der Waals surface area contributed by atoms with Crippen LogP contribution < -0.4 is 5.32 Å². The number of nitrogens with zero attached hydrogens (tertiary/aromatic N) is 1. The highest BCUT2D eigenvalue weighted by atomic mass is 32.2. The number of hydrogen-bond donors (Lipinski definition) is 2. The van der Waals surface area contributed by atoms with Gasteiger partial charge in [-0.2, -0.15) is 11.8 Å². The standard InChI is InChI=1S/C14H20N2O2S/c1-19-14(6-3-2-4-7-14)10-16-12-9-11(13(17)18)5-8-15-12/h5,8-9H,2-4,6-7,10H2,1H3,(H,15,16)(H,17,18). The molecule has 1 aromatic heterocycles. The maximum atomic E-state index is 10.9. The Morgan fingerprint density at radius 1 is 1.47 bits per heavy atom. The summed E-state index contributed by atoms with van der Waals surface area (Å²) in [6, 6.07) is 3.11. The first kappa shape index (κ1) is 14.2. The van der Waals surface area contributed by atoms with Gasteiger partial charge in [0, 0.05) is 17.5 Å². The molecule has 2 rings (SSSR count). The molecule has 104 valence electrons. The number of anilines is 1. The second kappa shape index (κ2) is 6.28. The number of carbonyl (C=O) groups is 1. The summed E-state index contributed by atoms with van der Waals surface area (Å²) in [5, 5.41) is 12.3. The fourth-order valence-corrected chi connectivity index (χ4v) is 3.47. The van der Waals surface area contributed by atoms with Crippen LogP contribution in [-0.4, -0.2) is 33.6 Å². The maximum absolute atomic E-state index is 10.9. The van der Waals surface area contributed by atoms with E-state index >= 15 is 0 Å². The molecule has 0 saturated heterocycles. The van der Waals surface area contributed by atoms with E-state index in [-0.39, 0.29) is 10.3 Å². The topological polar surface area (TPSA) is 62.2 Å². The second-order valence-electron chi connectivity index (χ2n) is 5.04. The third-order valence-corrected chi connectivity index (χ3v) is 5.21. The van der Waals surface area contributed by atoms with E-state index in [1.165, 1.54) is 38.2 Å². The Morgan fingerprint density at radius 3 is 2.84 bits per heavy atom. The monoisotopic (exact) mass is 280 g/mol. The van der Waals surface area contributed by atoms with Crippen LogP contribution >= 0.6 is 11.8 Å². The van der Waals surface area contributed by atoms with Crippen molar-refractivity contribution in [1.82, 2.24) is 4.98 Å². The molecule has 1 fully saturated rings. The summed E-state index contributed by atoms with van der Waals surface area (Å²) in [6.07, 6.45) is 10.0. The number of aromatic nitrogens is 1. The van der Waals surface area contributed by atoms with Crippen LogP contribution in [0, 0.1) is 0 Å². The van der Waals surface area contributed by atoms with Crippen LogP contribution in [0.3, 0.4) is 0 Å². The van der Waals surface area contributed by atoms with Gasteiger partial charge in [0.1, 0.15) is 5.82 Å². The molecule has 0 aromatic carbocycles. The molecule has 4 nitrogen and oxygen atoms in total. The van der Waals surface area contributed by atoms with Crippen molar-refractivity contribution < 1.29 is 9.90 Å². The van der Waals surface area contributed by atoms with Gasteiger partial charge in [-0.25, -0.2) is 9.78 Å². The fraction of sp³-hybridized carbons (Fsp3) is 0.571. The van der Waals surface area contributed by atoms with E-state index in [4.69, 9.17) is 5.11 Å². The predicted octanol–water partition coefficient (Wildman–Crippen LogP) is 3.26. The summed E-state index contributed by atoms with van der Waals surface area (Å²) in [7, 11) is 0. The highest BCUT2D eigenvalue weighted by molar-refractivity contribution is 8.00. The van der Waals surface area contributed by atoms with Gasteiger partial charge in [0.25, 0.3) is 0 Å². The number of pyridine rings is 1. The molecule has 1 aliphatic rings. The number of carboxylic acid groups (broad SMARTS) is 1. The zero-order chi connectivity index (χ0) is 13.7. The first-order valence-corrected chi connectivity index (χ1v) is 7.86. The molecule has 0 amide bonds. The fourth-order valence-electron chi connectivity index (χ4n) is 2.56. The number of nitrogens with one attached hydrogen (secondary N) is 1. The first-order valence-electron chi connectivity index (χ1n) is 6.64. The van der Waals surface area contributed by atoms with Gasteiger partial charge < -0.3 is 10.4 Å². The van der Waals surface area contributed by atoms with Gasteiger partial charge in [-0.15, -0.1) is 0 Å². The summed E-state index contributed by atoms with van der Waals surface area (Å²) >= 11 is 1.92. The van der Waals surface area contributed by atoms with Crippen LogP contribution in [0.1, 0.15) is 42.5 Å². The SMILES string of the molecule is CSC1(CNc2cc(C(=O)O)ccn2)CCCCC1. The molecule has 1 aromatic rings. The van der Waals surface area contributed by atoms with E-state index in [0.717, 1.165) is 6.54 Å². The van der Waals surface area contributed by atoms with Crippen LogP contribution in [0.5, 0.6) is 0 Å². The summed E-state index contributed by atoms with van der Waals surface area (Å²) in [5.74, 6) is -0.262. The summed E-state index contributed by atoms with van der Waals surface area (Å²) in [5.41, 5.74) is 0.277. The molecule has 1 saturated carbocycles. The minimum atomic E-state index is -0.914. The Bertz CT molecular complexity index is 445. The van der Waals surface area contributed by atoms with Gasteiger partial charge in [0.05, 0.1) is 5.56 Å². The smallest absolute Gasteiger partial charge is 0.335 e. The van der Waals surface area contributed by atoms with Crippen molar-refractivity contribution >= 4 is 23.5 Å². The molecule has 0 aliphatic heterocycles. The lowest BCUT2D eigenvalue weighted by molar-refractivity contribution is 0.0697. The van der Waals surface area contributed by atoms with E-state index in [2.05, 4.69) is 16.6 Å². The van der Waals surface area contributed by atoms with Crippen molar-refractivity contribution in [3.8, 4) is 0 Å². The molecule has 1 aliphatic carbocycles. The van der Waals surface area contributed by atoms with Gasteiger partial charge in [-0.3, -0.25) is 0 Å². The number of aromatic carboxylic acids is 1. The molecule has 19 heavy (non-hydrogen) atoms. The molecule has 0 unspecified atom stereocenters. The van der Waals surface area contributed by atoms with Gasteiger partial charge >= 0.3 is 5.97 Å². The summed E-state index contributed by atoms with van der Waals surface area (Å²) < 4.78 is 0.277. The van der Waals surface area contributed by atoms with E-state index < -0.39 is 5.97 Å². The largest absolute Gasteiger partial charge is 0.478 e.